The lowest BCUT2D eigenvalue weighted by molar-refractivity contribution is -0.141. The van der Waals surface area contributed by atoms with Gasteiger partial charge in [-0.25, -0.2) is 4.79 Å². The molecule has 0 saturated heterocycles. The normalized spacial score (nSPS) is 27.8. The first-order valence-electron chi connectivity index (χ1n) is 6.41. The van der Waals surface area contributed by atoms with Crippen LogP contribution in [-0.4, -0.2) is 40.6 Å². The quantitative estimate of drug-likeness (QED) is 0.781. The number of nitrogens with one attached hydrogen (secondary N) is 1. The molecule has 2 N–H and O–H groups in total. The van der Waals surface area contributed by atoms with Gasteiger partial charge in [-0.15, -0.1) is 0 Å². The van der Waals surface area contributed by atoms with Gasteiger partial charge < -0.3 is 15.3 Å². The Labute approximate surface area is 101 Å². The van der Waals surface area contributed by atoms with Crippen molar-refractivity contribution >= 4 is 12.0 Å². The van der Waals surface area contributed by atoms with E-state index in [-0.39, 0.29) is 18.0 Å². The third-order valence-electron chi connectivity index (χ3n) is 3.70. The number of carboxylic acid groups (broad SMARTS) is 1. The minimum absolute atomic E-state index is 0.0222. The summed E-state index contributed by atoms with van der Waals surface area (Å²) in [5.74, 6) is -1.02. The smallest absolute Gasteiger partial charge is 0.317 e. The van der Waals surface area contributed by atoms with Crippen LogP contribution in [0.1, 0.15) is 39.0 Å². The molecule has 2 unspecified atom stereocenters. The Balaban J connectivity index is 1.81. The van der Waals surface area contributed by atoms with E-state index in [1.54, 1.807) is 0 Å². The molecule has 0 aromatic heterocycles. The molecule has 0 aliphatic heterocycles. The molecular weight excluding hydrogens is 220 g/mol. The molecule has 0 bridgehead atoms. The highest BCUT2D eigenvalue weighted by Crippen LogP contribution is 2.28. The van der Waals surface area contributed by atoms with Crippen LogP contribution in [-0.2, 0) is 4.79 Å². The Morgan fingerprint density at radius 2 is 2.00 bits per heavy atom. The summed E-state index contributed by atoms with van der Waals surface area (Å²) in [5, 5.41) is 11.9. The van der Waals surface area contributed by atoms with Crippen molar-refractivity contribution in [2.24, 2.45) is 5.92 Å². The van der Waals surface area contributed by atoms with E-state index in [1.807, 2.05) is 11.8 Å². The summed E-state index contributed by atoms with van der Waals surface area (Å²) in [6, 6.07) is 0.430. The molecule has 5 heteroatoms. The van der Waals surface area contributed by atoms with Crippen LogP contribution in [0.3, 0.4) is 0 Å². The summed E-state index contributed by atoms with van der Waals surface area (Å²) < 4.78 is 0. The molecule has 2 fully saturated rings. The monoisotopic (exact) mass is 240 g/mol. The van der Waals surface area contributed by atoms with Gasteiger partial charge in [-0.2, -0.15) is 0 Å². The fourth-order valence-corrected chi connectivity index (χ4v) is 2.55. The highest BCUT2D eigenvalue weighted by Gasteiger charge is 2.35. The van der Waals surface area contributed by atoms with Crippen LogP contribution in [0.4, 0.5) is 4.79 Å². The summed E-state index contributed by atoms with van der Waals surface area (Å²) in [4.78, 5) is 24.6. The number of rotatable bonds is 4. The fourth-order valence-electron chi connectivity index (χ4n) is 2.55. The number of amides is 2. The predicted molar refractivity (Wildman–Crippen MR) is 62.7 cm³/mol. The zero-order chi connectivity index (χ0) is 12.4. The Morgan fingerprint density at radius 1 is 1.29 bits per heavy atom. The van der Waals surface area contributed by atoms with Crippen molar-refractivity contribution in [2.45, 2.75) is 51.1 Å². The third-order valence-corrected chi connectivity index (χ3v) is 3.70. The number of hydrogen-bond acceptors (Lipinski definition) is 2. The molecule has 0 spiro atoms. The second-order valence-electron chi connectivity index (χ2n) is 5.01. The lowest BCUT2D eigenvalue weighted by Crippen LogP contribution is -2.45. The SMILES string of the molecule is CCN(C(=O)NC1CCC(C(=O)O)C1)C1CC1. The van der Waals surface area contributed by atoms with Gasteiger partial charge >= 0.3 is 12.0 Å². The molecule has 2 aliphatic rings. The van der Waals surface area contributed by atoms with Gasteiger partial charge in [0.25, 0.3) is 0 Å². The number of nitrogens with zero attached hydrogens (tertiary/aromatic N) is 1. The zero-order valence-corrected chi connectivity index (χ0v) is 10.2. The number of urea groups is 1. The molecule has 17 heavy (non-hydrogen) atoms. The van der Waals surface area contributed by atoms with Gasteiger partial charge in [-0.1, -0.05) is 0 Å². The third kappa shape index (κ3) is 2.90. The largest absolute Gasteiger partial charge is 0.481 e. The van der Waals surface area contributed by atoms with Gasteiger partial charge in [-0.05, 0) is 39.0 Å². The van der Waals surface area contributed by atoms with Crippen molar-refractivity contribution in [2.75, 3.05) is 6.54 Å². The molecule has 0 aromatic rings. The number of carbonyl (C=O) groups is 2. The van der Waals surface area contributed by atoms with Crippen LogP contribution in [0.15, 0.2) is 0 Å². The van der Waals surface area contributed by atoms with Crippen LogP contribution in [0, 0.1) is 5.92 Å². The standard InChI is InChI=1S/C12H20N2O3/c1-2-14(10-5-6-10)12(17)13-9-4-3-8(7-9)11(15)16/h8-10H,2-7H2,1H3,(H,13,17)(H,15,16). The Bertz CT molecular complexity index is 315. The van der Waals surface area contributed by atoms with Crippen molar-refractivity contribution in [1.82, 2.24) is 10.2 Å². The summed E-state index contributed by atoms with van der Waals surface area (Å²) >= 11 is 0. The topological polar surface area (TPSA) is 69.6 Å². The van der Waals surface area contributed by atoms with Gasteiger partial charge in [0.15, 0.2) is 0 Å². The second-order valence-corrected chi connectivity index (χ2v) is 5.01. The highest BCUT2D eigenvalue weighted by molar-refractivity contribution is 5.76. The molecule has 2 amide bonds. The molecule has 5 nitrogen and oxygen atoms in total. The number of aliphatic carboxylic acids is 1. The van der Waals surface area contributed by atoms with Crippen LogP contribution in [0.2, 0.25) is 0 Å². The maximum atomic E-state index is 12.0. The number of carbonyl (C=O) groups excluding carboxylic acids is 1. The molecule has 0 heterocycles. The Hall–Kier alpha value is -1.26. The second kappa shape index (κ2) is 4.94. The van der Waals surface area contributed by atoms with Crippen molar-refractivity contribution < 1.29 is 14.7 Å². The summed E-state index contributed by atoms with van der Waals surface area (Å²) in [7, 11) is 0. The molecule has 2 saturated carbocycles. The van der Waals surface area contributed by atoms with E-state index in [1.165, 1.54) is 0 Å². The first-order valence-corrected chi connectivity index (χ1v) is 6.41. The van der Waals surface area contributed by atoms with E-state index in [9.17, 15) is 9.59 Å². The van der Waals surface area contributed by atoms with Crippen LogP contribution in [0.25, 0.3) is 0 Å². The van der Waals surface area contributed by atoms with Gasteiger partial charge in [-0.3, -0.25) is 4.79 Å². The number of carboxylic acids is 1. The lowest BCUT2D eigenvalue weighted by Gasteiger charge is -2.23. The molecule has 2 aliphatic carbocycles. The van der Waals surface area contributed by atoms with Crippen LogP contribution in [0.5, 0.6) is 0 Å². The minimum Gasteiger partial charge on any atom is -0.481 e. The number of hydrogen-bond donors (Lipinski definition) is 2. The van der Waals surface area contributed by atoms with Crippen LogP contribution >= 0.6 is 0 Å². The van der Waals surface area contributed by atoms with E-state index >= 15 is 0 Å². The van der Waals surface area contributed by atoms with Crippen molar-refractivity contribution in [3.05, 3.63) is 0 Å². The molecule has 96 valence electrons. The zero-order valence-electron chi connectivity index (χ0n) is 10.2. The van der Waals surface area contributed by atoms with Gasteiger partial charge in [0.1, 0.15) is 0 Å². The van der Waals surface area contributed by atoms with Crippen molar-refractivity contribution in [1.29, 1.82) is 0 Å². The van der Waals surface area contributed by atoms with Gasteiger partial charge in [0.2, 0.25) is 0 Å². The first kappa shape index (κ1) is 12.2. The van der Waals surface area contributed by atoms with E-state index in [0.717, 1.165) is 25.8 Å². The summed E-state index contributed by atoms with van der Waals surface area (Å²) in [6.07, 6.45) is 4.23. The van der Waals surface area contributed by atoms with E-state index in [0.29, 0.717) is 18.9 Å². The molecule has 2 rings (SSSR count). The average Bonchev–Trinajstić information content (AvgIpc) is 2.98. The molecular formula is C12H20N2O3. The summed E-state index contributed by atoms with van der Waals surface area (Å²) in [5.41, 5.74) is 0. The van der Waals surface area contributed by atoms with Gasteiger partial charge in [0.05, 0.1) is 5.92 Å². The fraction of sp³-hybridized carbons (Fsp3) is 0.833. The van der Waals surface area contributed by atoms with Crippen LogP contribution < -0.4 is 5.32 Å². The minimum atomic E-state index is -0.740. The average molecular weight is 240 g/mol. The maximum Gasteiger partial charge on any atom is 0.317 e. The Morgan fingerprint density at radius 3 is 2.47 bits per heavy atom. The van der Waals surface area contributed by atoms with E-state index in [4.69, 9.17) is 5.11 Å². The van der Waals surface area contributed by atoms with Gasteiger partial charge in [0, 0.05) is 18.6 Å². The molecule has 0 aromatic carbocycles. The highest BCUT2D eigenvalue weighted by atomic mass is 16.4. The van der Waals surface area contributed by atoms with Crippen molar-refractivity contribution in [3.8, 4) is 0 Å². The lowest BCUT2D eigenvalue weighted by atomic mass is 10.1. The first-order chi connectivity index (χ1) is 8.11. The van der Waals surface area contributed by atoms with E-state index in [2.05, 4.69) is 5.32 Å². The molecule has 0 radical (unpaired) electrons. The predicted octanol–water partition coefficient (Wildman–Crippen LogP) is 1.43. The van der Waals surface area contributed by atoms with Crippen molar-refractivity contribution in [3.63, 3.8) is 0 Å². The van der Waals surface area contributed by atoms with E-state index < -0.39 is 5.97 Å². The summed E-state index contributed by atoms with van der Waals surface area (Å²) in [6.45, 7) is 2.71. The molecule has 2 atom stereocenters. The Kier molecular flexibility index (Phi) is 3.54. The maximum absolute atomic E-state index is 12.0.